The van der Waals surface area contributed by atoms with Crippen LogP contribution in [0.2, 0.25) is 0 Å². The third-order valence-corrected chi connectivity index (χ3v) is 4.56. The smallest absolute Gasteiger partial charge is 0.450 e. The second-order valence-electron chi connectivity index (χ2n) is 8.20. The molecule has 0 saturated carbocycles. The zero-order chi connectivity index (χ0) is 27.6. The lowest BCUT2D eigenvalue weighted by Crippen LogP contribution is -2.42. The largest absolute Gasteiger partial charge is 0.573 e. The summed E-state index contributed by atoms with van der Waals surface area (Å²) in [6.45, 7) is 10.9. The number of carbonyl (C=O) groups excluding carboxylic acids is 2. The van der Waals surface area contributed by atoms with Crippen LogP contribution in [-0.4, -0.2) is 121 Å². The van der Waals surface area contributed by atoms with Gasteiger partial charge in [-0.2, -0.15) is 0 Å². The molecule has 1 atom stereocenters. The highest BCUT2D eigenvalue weighted by Gasteiger charge is 2.15. The summed E-state index contributed by atoms with van der Waals surface area (Å²) < 4.78 is 58.2. The van der Waals surface area contributed by atoms with Gasteiger partial charge < -0.3 is 48.2 Å². The molecule has 4 N–H and O–H groups in total. The molecule has 0 bridgehead atoms. The standard InChI is InChI=1S/C22H45N3O11S/c1-22(2,3)36-20(26)4-7-29-10-12-31-14-16-33-18-19-34-17-15-32-13-11-30-9-6-24-37(28)25-21(27)35-8-5-23/h24H,4-19,23H2,1-3H3,(H,25,27). The molecule has 0 saturated heterocycles. The summed E-state index contributed by atoms with van der Waals surface area (Å²) in [5.41, 5.74) is 4.71. The van der Waals surface area contributed by atoms with E-state index in [0.29, 0.717) is 79.3 Å². The molecule has 14 nitrogen and oxygen atoms in total. The molecule has 0 rings (SSSR count). The molecule has 0 heterocycles. The fourth-order valence-corrected chi connectivity index (χ4v) is 2.80. The third-order valence-electron chi connectivity index (χ3n) is 3.74. The molecular weight excluding hydrogens is 514 g/mol. The highest BCUT2D eigenvalue weighted by atomic mass is 32.2. The van der Waals surface area contributed by atoms with Crippen LogP contribution in [0.4, 0.5) is 4.79 Å². The van der Waals surface area contributed by atoms with Gasteiger partial charge in [-0.3, -0.25) is 4.79 Å². The number of amides is 1. The lowest BCUT2D eigenvalue weighted by molar-refractivity contribution is -0.156. The average Bonchev–Trinajstić information content (AvgIpc) is 2.82. The maximum atomic E-state index is 11.5. The van der Waals surface area contributed by atoms with Gasteiger partial charge in [0.15, 0.2) is 11.5 Å². The van der Waals surface area contributed by atoms with Crippen molar-refractivity contribution in [2.45, 2.75) is 32.8 Å². The van der Waals surface area contributed by atoms with E-state index in [1.54, 1.807) is 0 Å². The first kappa shape index (κ1) is 35.7. The number of nitrogens with two attached hydrogens (primary N) is 1. The van der Waals surface area contributed by atoms with E-state index in [9.17, 15) is 14.1 Å². The van der Waals surface area contributed by atoms with E-state index < -0.39 is 23.2 Å². The van der Waals surface area contributed by atoms with Crippen molar-refractivity contribution in [3.8, 4) is 0 Å². The van der Waals surface area contributed by atoms with Crippen molar-refractivity contribution in [3.05, 3.63) is 0 Å². The van der Waals surface area contributed by atoms with E-state index in [1.165, 1.54) is 0 Å². The van der Waals surface area contributed by atoms with E-state index in [1.807, 2.05) is 20.8 Å². The Morgan fingerprint density at radius 1 is 0.730 bits per heavy atom. The van der Waals surface area contributed by atoms with E-state index in [2.05, 4.69) is 14.2 Å². The number of hydrogen-bond acceptors (Lipinski definition) is 13. The van der Waals surface area contributed by atoms with Crippen LogP contribution in [0.1, 0.15) is 27.2 Å². The zero-order valence-electron chi connectivity index (χ0n) is 22.3. The molecule has 1 unspecified atom stereocenters. The Labute approximate surface area is 222 Å². The van der Waals surface area contributed by atoms with Crippen molar-refractivity contribution in [1.82, 2.24) is 9.44 Å². The lowest BCUT2D eigenvalue weighted by Gasteiger charge is -2.19. The molecule has 0 aliphatic heterocycles. The Morgan fingerprint density at radius 3 is 1.59 bits per heavy atom. The summed E-state index contributed by atoms with van der Waals surface area (Å²) in [6, 6.07) is 0. The first-order valence-corrected chi connectivity index (χ1v) is 13.4. The Balaban J connectivity index is 3.22. The van der Waals surface area contributed by atoms with Crippen molar-refractivity contribution in [3.63, 3.8) is 0 Å². The number of ether oxygens (including phenoxy) is 8. The molecule has 0 aromatic carbocycles. The number of nitrogens with one attached hydrogen (secondary N) is 2. The highest BCUT2D eigenvalue weighted by Crippen LogP contribution is 2.08. The van der Waals surface area contributed by atoms with Crippen molar-refractivity contribution < 1.29 is 52.0 Å². The van der Waals surface area contributed by atoms with Gasteiger partial charge in [-0.25, -0.2) is 4.79 Å². The summed E-state index contributed by atoms with van der Waals surface area (Å²) in [5, 5.41) is 0. The molecule has 220 valence electrons. The molecule has 0 fully saturated rings. The van der Waals surface area contributed by atoms with Gasteiger partial charge in [0, 0.05) is 6.54 Å². The molecule has 0 aromatic rings. The Morgan fingerprint density at radius 2 is 1.16 bits per heavy atom. The van der Waals surface area contributed by atoms with Crippen molar-refractivity contribution in [1.29, 1.82) is 0 Å². The van der Waals surface area contributed by atoms with Crippen LogP contribution in [-0.2, 0) is 54.2 Å². The maximum Gasteiger partial charge on any atom is 0.450 e. The quantitative estimate of drug-likeness (QED) is 0.0752. The van der Waals surface area contributed by atoms with Gasteiger partial charge in [0.05, 0.1) is 92.2 Å². The van der Waals surface area contributed by atoms with Gasteiger partial charge in [-0.15, -0.1) is 9.44 Å². The number of rotatable bonds is 25. The Hall–Kier alpha value is -1.27. The molecule has 37 heavy (non-hydrogen) atoms. The van der Waals surface area contributed by atoms with Crippen LogP contribution in [0.15, 0.2) is 0 Å². The second-order valence-corrected chi connectivity index (χ2v) is 9.23. The highest BCUT2D eigenvalue weighted by molar-refractivity contribution is 7.88. The van der Waals surface area contributed by atoms with Crippen LogP contribution in [0.5, 0.6) is 0 Å². The number of esters is 1. The Bertz CT molecular complexity index is 556. The summed E-state index contributed by atoms with van der Waals surface area (Å²) in [6.07, 6.45) is -0.585. The maximum absolute atomic E-state index is 11.5. The molecule has 0 aliphatic carbocycles. The minimum atomic E-state index is -1.76. The van der Waals surface area contributed by atoms with Crippen LogP contribution in [0.3, 0.4) is 0 Å². The van der Waals surface area contributed by atoms with E-state index in [4.69, 9.17) is 38.9 Å². The molecule has 0 aromatic heterocycles. The minimum absolute atomic E-state index is 0.0552. The molecule has 1 amide bonds. The molecule has 0 radical (unpaired) electrons. The molecule has 15 heteroatoms. The van der Waals surface area contributed by atoms with E-state index in [0.717, 1.165) is 0 Å². The fourth-order valence-electron chi connectivity index (χ4n) is 2.25. The lowest BCUT2D eigenvalue weighted by atomic mass is 10.2. The first-order chi connectivity index (χ1) is 17.7. The van der Waals surface area contributed by atoms with E-state index >= 15 is 0 Å². The minimum Gasteiger partial charge on any atom is -0.573 e. The SMILES string of the molecule is CC(C)(C)OC(=O)CCOCCOCCOCCOCCOCCOCCN[S+]([O-])NC(=O)OCCN. The summed E-state index contributed by atoms with van der Waals surface area (Å²) >= 11 is -1.76. The summed E-state index contributed by atoms with van der Waals surface area (Å²) in [5.74, 6) is -0.277. The van der Waals surface area contributed by atoms with E-state index in [-0.39, 0.29) is 32.1 Å². The number of hydrogen-bond donors (Lipinski definition) is 3. The summed E-state index contributed by atoms with van der Waals surface area (Å²) in [7, 11) is 0. The molecule has 0 aliphatic rings. The van der Waals surface area contributed by atoms with Crippen LogP contribution >= 0.6 is 0 Å². The predicted molar refractivity (Wildman–Crippen MR) is 135 cm³/mol. The number of carbonyl (C=O) groups is 2. The van der Waals surface area contributed by atoms with Gasteiger partial charge in [0.2, 0.25) is 0 Å². The summed E-state index contributed by atoms with van der Waals surface area (Å²) in [4.78, 5) is 22.7. The Kier molecular flexibility index (Phi) is 24.2. The van der Waals surface area contributed by atoms with Gasteiger partial charge in [-0.1, -0.05) is 0 Å². The molecular formula is C22H45N3O11S. The van der Waals surface area contributed by atoms with Gasteiger partial charge in [0.25, 0.3) is 0 Å². The monoisotopic (exact) mass is 559 g/mol. The second kappa shape index (κ2) is 25.0. The zero-order valence-corrected chi connectivity index (χ0v) is 23.1. The predicted octanol–water partition coefficient (Wildman–Crippen LogP) is -0.329. The third kappa shape index (κ3) is 29.1. The average molecular weight is 560 g/mol. The molecule has 0 spiro atoms. The fraction of sp³-hybridized carbons (Fsp3) is 0.909. The topological polar surface area (TPSA) is 181 Å². The van der Waals surface area contributed by atoms with Gasteiger partial charge >= 0.3 is 12.1 Å². The van der Waals surface area contributed by atoms with Gasteiger partial charge in [-0.05, 0) is 20.8 Å². The van der Waals surface area contributed by atoms with Crippen molar-refractivity contribution in [2.75, 3.05) is 99.0 Å². The van der Waals surface area contributed by atoms with Crippen molar-refractivity contribution in [2.24, 2.45) is 5.73 Å². The normalized spacial score (nSPS) is 12.4. The first-order valence-electron chi connectivity index (χ1n) is 12.2. The van der Waals surface area contributed by atoms with Crippen LogP contribution in [0.25, 0.3) is 0 Å². The van der Waals surface area contributed by atoms with Crippen LogP contribution < -0.4 is 15.2 Å². The van der Waals surface area contributed by atoms with Crippen molar-refractivity contribution >= 4 is 23.6 Å². The van der Waals surface area contributed by atoms with Crippen LogP contribution in [0, 0.1) is 0 Å². The van der Waals surface area contributed by atoms with Gasteiger partial charge in [0.1, 0.15) is 12.2 Å².